The molecular formula is C18H26N2O3. The molecule has 1 saturated heterocycles. The first kappa shape index (κ1) is 16.1. The van der Waals surface area contributed by atoms with Crippen molar-refractivity contribution < 1.29 is 14.3 Å². The summed E-state index contributed by atoms with van der Waals surface area (Å²) in [5.74, 6) is 2.36. The van der Waals surface area contributed by atoms with Crippen LogP contribution < -0.4 is 15.2 Å². The van der Waals surface area contributed by atoms with Crippen molar-refractivity contribution in [3.63, 3.8) is 0 Å². The number of hydrogen-bond donors (Lipinski definition) is 1. The lowest BCUT2D eigenvalue weighted by atomic mass is 9.98. The molecule has 23 heavy (non-hydrogen) atoms. The number of carbonyl (C=O) groups is 1. The highest BCUT2D eigenvalue weighted by molar-refractivity contribution is 5.79. The fourth-order valence-corrected chi connectivity index (χ4v) is 3.80. The lowest BCUT2D eigenvalue weighted by molar-refractivity contribution is -0.134. The van der Waals surface area contributed by atoms with Gasteiger partial charge in [0, 0.05) is 37.0 Å². The fraction of sp³-hybridized carbons (Fsp3) is 0.611. The summed E-state index contributed by atoms with van der Waals surface area (Å²) in [6, 6.07) is 6.17. The number of carbonyl (C=O) groups excluding carboxylic acids is 1. The van der Waals surface area contributed by atoms with Gasteiger partial charge in [-0.3, -0.25) is 4.79 Å². The number of rotatable bonds is 4. The van der Waals surface area contributed by atoms with Gasteiger partial charge in [-0.25, -0.2) is 0 Å². The third-order valence-corrected chi connectivity index (χ3v) is 5.17. The minimum absolute atomic E-state index is 0.128. The van der Waals surface area contributed by atoms with Gasteiger partial charge in [-0.05, 0) is 43.4 Å². The molecule has 1 heterocycles. The summed E-state index contributed by atoms with van der Waals surface area (Å²) in [5.41, 5.74) is 7.13. The van der Waals surface area contributed by atoms with Crippen molar-refractivity contribution >= 4 is 5.91 Å². The molecule has 0 unspecified atom stereocenters. The van der Waals surface area contributed by atoms with E-state index in [0.29, 0.717) is 5.92 Å². The van der Waals surface area contributed by atoms with Crippen molar-refractivity contribution in [2.45, 2.75) is 37.6 Å². The van der Waals surface area contributed by atoms with E-state index in [1.54, 1.807) is 14.2 Å². The monoisotopic (exact) mass is 318 g/mol. The van der Waals surface area contributed by atoms with E-state index in [1.165, 1.54) is 5.56 Å². The van der Waals surface area contributed by atoms with Crippen LogP contribution in [-0.2, 0) is 4.79 Å². The molecule has 5 heteroatoms. The number of likely N-dealkylation sites (tertiary alicyclic amines) is 1. The Hall–Kier alpha value is -1.75. The van der Waals surface area contributed by atoms with Crippen LogP contribution in [0.25, 0.3) is 0 Å². The summed E-state index contributed by atoms with van der Waals surface area (Å²) < 4.78 is 10.7. The van der Waals surface area contributed by atoms with Crippen LogP contribution in [0.1, 0.15) is 37.2 Å². The van der Waals surface area contributed by atoms with Crippen molar-refractivity contribution in [3.8, 4) is 11.5 Å². The number of ether oxygens (including phenoxy) is 2. The predicted octanol–water partition coefficient (Wildman–Crippen LogP) is 2.15. The maximum atomic E-state index is 12.6. The molecule has 2 fully saturated rings. The smallest absolute Gasteiger partial charge is 0.225 e. The molecule has 3 atom stereocenters. The second-order valence-electron chi connectivity index (χ2n) is 6.69. The van der Waals surface area contributed by atoms with Gasteiger partial charge < -0.3 is 20.1 Å². The van der Waals surface area contributed by atoms with Gasteiger partial charge in [-0.15, -0.1) is 0 Å². The van der Waals surface area contributed by atoms with E-state index in [4.69, 9.17) is 15.2 Å². The van der Waals surface area contributed by atoms with Gasteiger partial charge in [-0.2, -0.15) is 0 Å². The average Bonchev–Trinajstić information content (AvgIpc) is 3.22. The Bertz CT molecular complexity index is 553. The van der Waals surface area contributed by atoms with Crippen molar-refractivity contribution in [3.05, 3.63) is 23.8 Å². The van der Waals surface area contributed by atoms with E-state index in [2.05, 4.69) is 0 Å². The molecule has 1 aromatic rings. The molecule has 3 rings (SSSR count). The standard InChI is InChI=1S/C18H26N2O3/c1-22-16-8-14(9-17(10-16)23-2)13-5-6-20(11-13)18(21)12-3-4-15(19)7-12/h8-10,12-13,15H,3-7,11,19H2,1-2H3/t12-,13-,15-/m1/s1. The van der Waals surface area contributed by atoms with Crippen LogP contribution >= 0.6 is 0 Å². The fourth-order valence-electron chi connectivity index (χ4n) is 3.80. The van der Waals surface area contributed by atoms with Crippen LogP contribution in [0.5, 0.6) is 11.5 Å². The second kappa shape index (κ2) is 6.79. The first-order chi connectivity index (χ1) is 11.1. The third-order valence-electron chi connectivity index (χ3n) is 5.17. The normalized spacial score (nSPS) is 27.3. The minimum Gasteiger partial charge on any atom is -0.497 e. The highest BCUT2D eigenvalue weighted by Gasteiger charge is 2.35. The van der Waals surface area contributed by atoms with E-state index in [-0.39, 0.29) is 17.9 Å². The number of methoxy groups -OCH3 is 2. The van der Waals surface area contributed by atoms with Crippen LogP contribution in [-0.4, -0.2) is 44.2 Å². The summed E-state index contributed by atoms with van der Waals surface area (Å²) in [5, 5.41) is 0. The molecule has 5 nitrogen and oxygen atoms in total. The number of benzene rings is 1. The Balaban J connectivity index is 1.68. The molecule has 2 N–H and O–H groups in total. The van der Waals surface area contributed by atoms with Crippen molar-refractivity contribution in [2.75, 3.05) is 27.3 Å². The molecule has 0 radical (unpaired) electrons. The maximum Gasteiger partial charge on any atom is 0.225 e. The lowest BCUT2D eigenvalue weighted by Crippen LogP contribution is -2.34. The molecular weight excluding hydrogens is 292 g/mol. The summed E-state index contributed by atoms with van der Waals surface area (Å²) >= 11 is 0. The molecule has 0 bridgehead atoms. The molecule has 1 aliphatic heterocycles. The molecule has 0 aromatic heterocycles. The summed E-state index contributed by atoms with van der Waals surface area (Å²) in [4.78, 5) is 14.7. The number of nitrogens with two attached hydrogens (primary N) is 1. The Morgan fingerprint density at radius 2 is 1.83 bits per heavy atom. The Morgan fingerprint density at radius 1 is 1.13 bits per heavy atom. The van der Waals surface area contributed by atoms with Gasteiger partial charge >= 0.3 is 0 Å². The van der Waals surface area contributed by atoms with E-state index < -0.39 is 0 Å². The van der Waals surface area contributed by atoms with Crippen LogP contribution in [0.15, 0.2) is 18.2 Å². The molecule has 126 valence electrons. The molecule has 2 aliphatic rings. The maximum absolute atomic E-state index is 12.6. The molecule has 1 amide bonds. The van der Waals surface area contributed by atoms with Gasteiger partial charge in [0.25, 0.3) is 0 Å². The molecule has 0 spiro atoms. The van der Waals surface area contributed by atoms with Crippen LogP contribution in [0.2, 0.25) is 0 Å². The van der Waals surface area contributed by atoms with Crippen LogP contribution in [0.3, 0.4) is 0 Å². The second-order valence-corrected chi connectivity index (χ2v) is 6.69. The lowest BCUT2D eigenvalue weighted by Gasteiger charge is -2.21. The Kier molecular flexibility index (Phi) is 4.76. The highest BCUT2D eigenvalue weighted by Crippen LogP contribution is 2.35. The topological polar surface area (TPSA) is 64.8 Å². The summed E-state index contributed by atoms with van der Waals surface area (Å²) in [7, 11) is 3.32. The number of nitrogens with zero attached hydrogens (tertiary/aromatic N) is 1. The van der Waals surface area contributed by atoms with Gasteiger partial charge in [0.15, 0.2) is 0 Å². The zero-order valence-electron chi connectivity index (χ0n) is 14.0. The van der Waals surface area contributed by atoms with Gasteiger partial charge in [-0.1, -0.05) is 0 Å². The van der Waals surface area contributed by atoms with Gasteiger partial charge in [0.1, 0.15) is 11.5 Å². The van der Waals surface area contributed by atoms with E-state index in [0.717, 1.165) is 50.3 Å². The molecule has 1 saturated carbocycles. The Labute approximate surface area is 137 Å². The summed E-state index contributed by atoms with van der Waals surface area (Å²) in [6.07, 6.45) is 3.74. The SMILES string of the molecule is COc1cc(OC)cc([C@@H]2CCN(C(=O)[C@@H]3CC[C@@H](N)C3)C2)c1. The molecule has 1 aliphatic carbocycles. The number of amides is 1. The first-order valence-corrected chi connectivity index (χ1v) is 8.38. The third kappa shape index (κ3) is 3.44. The minimum atomic E-state index is 0.128. The zero-order chi connectivity index (χ0) is 16.4. The predicted molar refractivity (Wildman–Crippen MR) is 88.8 cm³/mol. The zero-order valence-corrected chi connectivity index (χ0v) is 14.0. The van der Waals surface area contributed by atoms with E-state index in [9.17, 15) is 4.79 Å². The quantitative estimate of drug-likeness (QED) is 0.924. The van der Waals surface area contributed by atoms with Crippen LogP contribution in [0.4, 0.5) is 0 Å². The summed E-state index contributed by atoms with van der Waals surface area (Å²) in [6.45, 7) is 1.61. The van der Waals surface area contributed by atoms with E-state index >= 15 is 0 Å². The first-order valence-electron chi connectivity index (χ1n) is 8.38. The number of hydrogen-bond acceptors (Lipinski definition) is 4. The van der Waals surface area contributed by atoms with Crippen molar-refractivity contribution in [2.24, 2.45) is 11.7 Å². The van der Waals surface area contributed by atoms with E-state index in [1.807, 2.05) is 23.1 Å². The largest absolute Gasteiger partial charge is 0.497 e. The van der Waals surface area contributed by atoms with Crippen molar-refractivity contribution in [1.29, 1.82) is 0 Å². The van der Waals surface area contributed by atoms with Gasteiger partial charge in [0.2, 0.25) is 5.91 Å². The Morgan fingerprint density at radius 3 is 2.39 bits per heavy atom. The van der Waals surface area contributed by atoms with Crippen molar-refractivity contribution in [1.82, 2.24) is 4.90 Å². The average molecular weight is 318 g/mol. The van der Waals surface area contributed by atoms with Gasteiger partial charge in [0.05, 0.1) is 14.2 Å². The van der Waals surface area contributed by atoms with Crippen LogP contribution in [0, 0.1) is 5.92 Å². The molecule has 1 aromatic carbocycles. The highest BCUT2D eigenvalue weighted by atomic mass is 16.5.